The predicted octanol–water partition coefficient (Wildman–Crippen LogP) is -1.03. The van der Waals surface area contributed by atoms with Gasteiger partial charge in [-0.1, -0.05) is 0 Å². The van der Waals surface area contributed by atoms with E-state index in [9.17, 15) is 0 Å². The molecule has 2 heterocycles. The van der Waals surface area contributed by atoms with Crippen LogP contribution < -0.4 is 11.5 Å². The number of hydrogen-bond donors (Lipinski definition) is 4. The molecule has 0 atom stereocenters. The van der Waals surface area contributed by atoms with Crippen molar-refractivity contribution in [1.29, 1.82) is 0 Å². The Morgan fingerprint density at radius 1 is 0.722 bits per heavy atom. The summed E-state index contributed by atoms with van der Waals surface area (Å²) >= 11 is 0. The molecule has 0 radical (unpaired) electrons. The molecule has 0 aliphatic carbocycles. The molecule has 108 valence electrons. The molecule has 0 amide bonds. The van der Waals surface area contributed by atoms with Crippen LogP contribution in [0.15, 0.2) is 0 Å². The predicted molar refractivity (Wildman–Crippen MR) is 68.1 cm³/mol. The van der Waals surface area contributed by atoms with Gasteiger partial charge < -0.3 is 31.2 Å². The van der Waals surface area contributed by atoms with E-state index < -0.39 is 0 Å². The first-order chi connectivity index (χ1) is 8.54. The maximum Gasteiger partial charge on any atom is 0.0612 e. The van der Waals surface area contributed by atoms with E-state index in [2.05, 4.69) is 0 Å². The van der Waals surface area contributed by atoms with Gasteiger partial charge in [0.1, 0.15) is 0 Å². The normalized spacial score (nSPS) is 26.0. The molecule has 0 aromatic rings. The first kappa shape index (κ1) is 15.8. The number of hydrogen-bond acceptors (Lipinski definition) is 6. The summed E-state index contributed by atoms with van der Waals surface area (Å²) in [5, 5.41) is 17.5. The molecular formula is C12H26N2O4. The molecule has 6 N–H and O–H groups in total. The molecule has 18 heavy (non-hydrogen) atoms. The molecule has 0 aromatic heterocycles. The number of aliphatic hydroxyl groups is 2. The van der Waals surface area contributed by atoms with Crippen molar-refractivity contribution in [1.82, 2.24) is 0 Å². The monoisotopic (exact) mass is 262 g/mol. The molecule has 2 fully saturated rings. The highest BCUT2D eigenvalue weighted by Gasteiger charge is 2.27. The van der Waals surface area contributed by atoms with Gasteiger partial charge in [0, 0.05) is 37.5 Å². The van der Waals surface area contributed by atoms with Crippen molar-refractivity contribution in [2.45, 2.75) is 36.8 Å². The maximum absolute atomic E-state index is 8.77. The zero-order chi connectivity index (χ0) is 13.5. The van der Waals surface area contributed by atoms with Crippen LogP contribution in [0, 0.1) is 0 Å². The number of ether oxygens (including phenoxy) is 2. The molecule has 0 spiro atoms. The van der Waals surface area contributed by atoms with Gasteiger partial charge in [-0.15, -0.1) is 0 Å². The van der Waals surface area contributed by atoms with Gasteiger partial charge in [-0.25, -0.2) is 0 Å². The summed E-state index contributed by atoms with van der Waals surface area (Å²) in [4.78, 5) is 0. The average Bonchev–Trinajstić information content (AvgIpc) is 2.41. The minimum Gasteiger partial charge on any atom is -0.394 e. The van der Waals surface area contributed by atoms with Crippen molar-refractivity contribution < 1.29 is 19.7 Å². The second kappa shape index (κ2) is 7.37. The summed E-state index contributed by atoms with van der Waals surface area (Å²) in [5.74, 6) is 0. The van der Waals surface area contributed by atoms with Crippen molar-refractivity contribution in [3.8, 4) is 0 Å². The molecule has 0 bridgehead atoms. The quantitative estimate of drug-likeness (QED) is 0.506. The van der Waals surface area contributed by atoms with E-state index in [-0.39, 0.29) is 24.3 Å². The third kappa shape index (κ3) is 5.17. The van der Waals surface area contributed by atoms with Gasteiger partial charge in [-0.3, -0.25) is 0 Å². The van der Waals surface area contributed by atoms with Crippen LogP contribution in [0.25, 0.3) is 0 Å². The van der Waals surface area contributed by atoms with Crippen LogP contribution in [0.2, 0.25) is 0 Å². The van der Waals surface area contributed by atoms with Crippen LogP contribution in [-0.4, -0.2) is 60.9 Å². The Bertz CT molecular complexity index is 202. The van der Waals surface area contributed by atoms with Crippen LogP contribution >= 0.6 is 0 Å². The van der Waals surface area contributed by atoms with Crippen LogP contribution in [-0.2, 0) is 9.47 Å². The molecule has 0 saturated carbocycles. The van der Waals surface area contributed by atoms with Gasteiger partial charge in [0.2, 0.25) is 0 Å². The van der Waals surface area contributed by atoms with E-state index in [0.717, 1.165) is 25.7 Å². The summed E-state index contributed by atoms with van der Waals surface area (Å²) in [7, 11) is 0. The van der Waals surface area contributed by atoms with Gasteiger partial charge in [-0.05, 0) is 25.7 Å². The van der Waals surface area contributed by atoms with E-state index in [1.165, 1.54) is 0 Å². The number of rotatable bonds is 2. The fourth-order valence-corrected chi connectivity index (χ4v) is 1.87. The molecule has 6 heteroatoms. The van der Waals surface area contributed by atoms with Crippen LogP contribution in [0.5, 0.6) is 0 Å². The molecule has 2 saturated heterocycles. The minimum absolute atomic E-state index is 0.0797. The molecule has 6 nitrogen and oxygen atoms in total. The molecule has 2 aliphatic heterocycles. The van der Waals surface area contributed by atoms with Gasteiger partial charge >= 0.3 is 0 Å². The third-order valence-electron chi connectivity index (χ3n) is 3.61. The van der Waals surface area contributed by atoms with Crippen molar-refractivity contribution in [3.05, 3.63) is 0 Å². The Labute approximate surface area is 108 Å². The average molecular weight is 262 g/mol. The van der Waals surface area contributed by atoms with Gasteiger partial charge in [-0.2, -0.15) is 0 Å². The zero-order valence-corrected chi connectivity index (χ0v) is 10.9. The Balaban J connectivity index is 0.000000180. The number of aliphatic hydroxyl groups excluding tert-OH is 2. The van der Waals surface area contributed by atoms with Gasteiger partial charge in [0.15, 0.2) is 0 Å². The smallest absolute Gasteiger partial charge is 0.0612 e. The second-order valence-corrected chi connectivity index (χ2v) is 5.27. The molecule has 2 rings (SSSR count). The lowest BCUT2D eigenvalue weighted by molar-refractivity contribution is 0.0295. The van der Waals surface area contributed by atoms with Crippen LogP contribution in [0.1, 0.15) is 25.7 Å². The summed E-state index contributed by atoms with van der Waals surface area (Å²) in [6.45, 7) is 2.93. The topological polar surface area (TPSA) is 111 Å². The van der Waals surface area contributed by atoms with E-state index in [4.69, 9.17) is 31.2 Å². The highest BCUT2D eigenvalue weighted by atomic mass is 16.5. The fraction of sp³-hybridized carbons (Fsp3) is 1.00. The third-order valence-corrected chi connectivity index (χ3v) is 3.61. The van der Waals surface area contributed by atoms with E-state index >= 15 is 0 Å². The van der Waals surface area contributed by atoms with Gasteiger partial charge in [0.05, 0.1) is 13.2 Å². The van der Waals surface area contributed by atoms with Gasteiger partial charge in [0.25, 0.3) is 0 Å². The molecular weight excluding hydrogens is 236 g/mol. The van der Waals surface area contributed by atoms with Crippen molar-refractivity contribution in [2.24, 2.45) is 11.5 Å². The summed E-state index contributed by atoms with van der Waals surface area (Å²) in [6, 6.07) is 0. The maximum atomic E-state index is 8.77. The standard InChI is InChI=1S/2C6H13NO2/c2*7-6(5-8)1-3-9-4-2-6/h2*8H,1-5,7H2. The van der Waals surface area contributed by atoms with E-state index in [1.807, 2.05) is 0 Å². The molecule has 0 unspecified atom stereocenters. The Morgan fingerprint density at radius 2 is 1.00 bits per heavy atom. The first-order valence-electron chi connectivity index (χ1n) is 6.49. The van der Waals surface area contributed by atoms with Crippen molar-refractivity contribution >= 4 is 0 Å². The summed E-state index contributed by atoms with van der Waals surface area (Å²) < 4.78 is 10.2. The lowest BCUT2D eigenvalue weighted by atomic mass is 9.93. The second-order valence-electron chi connectivity index (χ2n) is 5.27. The highest BCUT2D eigenvalue weighted by molar-refractivity contribution is 4.85. The Hall–Kier alpha value is -0.240. The SMILES string of the molecule is NC1(CO)CCOCC1.NC1(CO)CCOCC1. The Morgan fingerprint density at radius 3 is 1.17 bits per heavy atom. The Kier molecular flexibility index (Phi) is 6.48. The largest absolute Gasteiger partial charge is 0.394 e. The fourth-order valence-electron chi connectivity index (χ4n) is 1.87. The van der Waals surface area contributed by atoms with E-state index in [1.54, 1.807) is 0 Å². The van der Waals surface area contributed by atoms with Crippen molar-refractivity contribution in [2.75, 3.05) is 39.6 Å². The van der Waals surface area contributed by atoms with Crippen LogP contribution in [0.3, 0.4) is 0 Å². The highest BCUT2D eigenvalue weighted by Crippen LogP contribution is 2.16. The lowest BCUT2D eigenvalue weighted by Gasteiger charge is -2.30. The molecule has 0 aromatic carbocycles. The first-order valence-corrected chi connectivity index (χ1v) is 6.49. The summed E-state index contributed by atoms with van der Waals surface area (Å²) in [6.07, 6.45) is 3.12. The number of nitrogens with two attached hydrogens (primary N) is 2. The minimum atomic E-state index is -0.349. The van der Waals surface area contributed by atoms with E-state index in [0.29, 0.717) is 26.4 Å². The zero-order valence-electron chi connectivity index (χ0n) is 10.9. The summed E-state index contributed by atoms with van der Waals surface area (Å²) in [5.41, 5.74) is 10.8. The van der Waals surface area contributed by atoms with Crippen LogP contribution in [0.4, 0.5) is 0 Å². The lowest BCUT2D eigenvalue weighted by Crippen LogP contribution is -2.48. The van der Waals surface area contributed by atoms with Crippen molar-refractivity contribution in [3.63, 3.8) is 0 Å². The molecule has 2 aliphatic rings.